The van der Waals surface area contributed by atoms with Crippen molar-refractivity contribution < 1.29 is 18.9 Å². The highest BCUT2D eigenvalue weighted by molar-refractivity contribution is 5.91. The average molecular weight is 239 g/mol. The van der Waals surface area contributed by atoms with Gasteiger partial charge in [-0.2, -0.15) is 0 Å². The third kappa shape index (κ3) is 2.93. The highest BCUT2D eigenvalue weighted by atomic mass is 16.6. The van der Waals surface area contributed by atoms with Crippen molar-refractivity contribution in [3.05, 3.63) is 39.0 Å². The summed E-state index contributed by atoms with van der Waals surface area (Å²) in [5.74, 6) is 0.128. The van der Waals surface area contributed by atoms with Gasteiger partial charge in [0.1, 0.15) is 17.1 Å². The van der Waals surface area contributed by atoms with Gasteiger partial charge < -0.3 is 9.15 Å². The number of aryl methyl sites for hydroxylation is 1. The molecule has 0 N–H and O–H groups in total. The van der Waals surface area contributed by atoms with Gasteiger partial charge in [0.05, 0.1) is 18.1 Å². The number of esters is 1. The van der Waals surface area contributed by atoms with Crippen molar-refractivity contribution in [1.29, 1.82) is 0 Å². The Balaban J connectivity index is 3.09. The fourth-order valence-corrected chi connectivity index (χ4v) is 1.34. The van der Waals surface area contributed by atoms with Crippen LogP contribution in [0.5, 0.6) is 0 Å². The molecule has 6 nitrogen and oxygen atoms in total. The molecule has 0 unspecified atom stereocenters. The van der Waals surface area contributed by atoms with Crippen LogP contribution in [-0.2, 0) is 4.74 Å². The standard InChI is InChI=1S/C11H13NO5/c1-4-8(12(14)15)5-9-6-10(7(2)17-9)11(13)16-3/h5-6H,4H2,1-3H3/b8-5+. The van der Waals surface area contributed by atoms with Crippen molar-refractivity contribution in [2.75, 3.05) is 7.11 Å². The van der Waals surface area contributed by atoms with Gasteiger partial charge in [0.2, 0.25) is 5.70 Å². The number of furan rings is 1. The number of carbonyl (C=O) groups excluding carboxylic acids is 1. The number of methoxy groups -OCH3 is 1. The molecule has 1 rings (SSSR count). The summed E-state index contributed by atoms with van der Waals surface area (Å²) in [6.07, 6.45) is 1.58. The molecule has 0 spiro atoms. The molecule has 1 aromatic heterocycles. The molecular weight excluding hydrogens is 226 g/mol. The summed E-state index contributed by atoms with van der Waals surface area (Å²) >= 11 is 0. The minimum Gasteiger partial charge on any atom is -0.465 e. The summed E-state index contributed by atoms with van der Waals surface area (Å²) in [6, 6.07) is 1.43. The predicted octanol–water partition coefficient (Wildman–Crippen LogP) is 2.40. The van der Waals surface area contributed by atoms with Crippen LogP contribution in [0.25, 0.3) is 6.08 Å². The van der Waals surface area contributed by atoms with Gasteiger partial charge in [0, 0.05) is 6.42 Å². The maximum atomic E-state index is 11.3. The van der Waals surface area contributed by atoms with Crippen molar-refractivity contribution in [2.45, 2.75) is 20.3 Å². The Morgan fingerprint density at radius 2 is 2.29 bits per heavy atom. The zero-order valence-corrected chi connectivity index (χ0v) is 9.85. The Kier molecular flexibility index (Phi) is 4.03. The van der Waals surface area contributed by atoms with E-state index >= 15 is 0 Å². The summed E-state index contributed by atoms with van der Waals surface area (Å²) in [6.45, 7) is 3.27. The molecule has 0 radical (unpaired) electrons. The molecule has 17 heavy (non-hydrogen) atoms. The molecule has 0 fully saturated rings. The van der Waals surface area contributed by atoms with E-state index in [2.05, 4.69) is 4.74 Å². The minimum atomic E-state index is -0.523. The molecular formula is C11H13NO5. The van der Waals surface area contributed by atoms with Gasteiger partial charge in [-0.1, -0.05) is 6.92 Å². The van der Waals surface area contributed by atoms with Crippen molar-refractivity contribution in [1.82, 2.24) is 0 Å². The van der Waals surface area contributed by atoms with Gasteiger partial charge in [-0.15, -0.1) is 0 Å². The number of allylic oxidation sites excluding steroid dienone is 1. The maximum Gasteiger partial charge on any atom is 0.341 e. The molecule has 0 aliphatic rings. The Labute approximate surface area is 98.0 Å². The molecule has 0 saturated carbocycles. The van der Waals surface area contributed by atoms with E-state index in [-0.39, 0.29) is 23.4 Å². The van der Waals surface area contributed by atoms with Gasteiger partial charge in [-0.25, -0.2) is 4.79 Å². The van der Waals surface area contributed by atoms with Crippen LogP contribution >= 0.6 is 0 Å². The van der Waals surface area contributed by atoms with Crippen LogP contribution in [0.4, 0.5) is 0 Å². The van der Waals surface area contributed by atoms with E-state index in [4.69, 9.17) is 4.42 Å². The number of carbonyl (C=O) groups is 1. The second-order valence-corrected chi connectivity index (χ2v) is 3.36. The Morgan fingerprint density at radius 1 is 1.65 bits per heavy atom. The molecule has 0 aliphatic heterocycles. The zero-order valence-electron chi connectivity index (χ0n) is 9.85. The summed E-state index contributed by atoms with van der Waals surface area (Å²) < 4.78 is 9.79. The zero-order chi connectivity index (χ0) is 13.0. The second-order valence-electron chi connectivity index (χ2n) is 3.36. The van der Waals surface area contributed by atoms with Crippen LogP contribution in [0.2, 0.25) is 0 Å². The average Bonchev–Trinajstić information content (AvgIpc) is 2.65. The number of nitro groups is 1. The third-order valence-electron chi connectivity index (χ3n) is 2.25. The Hall–Kier alpha value is -2.11. The van der Waals surface area contributed by atoms with Crippen molar-refractivity contribution >= 4 is 12.0 Å². The Morgan fingerprint density at radius 3 is 2.76 bits per heavy atom. The summed E-state index contributed by atoms with van der Waals surface area (Å²) in [7, 11) is 1.26. The van der Waals surface area contributed by atoms with E-state index in [1.54, 1.807) is 13.8 Å². The number of ether oxygens (including phenoxy) is 1. The van der Waals surface area contributed by atoms with Gasteiger partial charge in [0.15, 0.2) is 0 Å². The molecule has 0 bridgehead atoms. The van der Waals surface area contributed by atoms with E-state index in [0.717, 1.165) is 0 Å². The third-order valence-corrected chi connectivity index (χ3v) is 2.25. The molecule has 0 aromatic carbocycles. The van der Waals surface area contributed by atoms with Gasteiger partial charge in [-0.3, -0.25) is 10.1 Å². The van der Waals surface area contributed by atoms with Crippen LogP contribution in [0.3, 0.4) is 0 Å². The first kappa shape index (κ1) is 13.0. The second kappa shape index (κ2) is 5.29. The molecule has 1 aromatic rings. The van der Waals surface area contributed by atoms with Crippen LogP contribution < -0.4 is 0 Å². The quantitative estimate of drug-likeness (QED) is 0.457. The summed E-state index contributed by atoms with van der Waals surface area (Å²) in [4.78, 5) is 21.4. The smallest absolute Gasteiger partial charge is 0.341 e. The predicted molar refractivity (Wildman–Crippen MR) is 60.0 cm³/mol. The molecule has 92 valence electrons. The van der Waals surface area contributed by atoms with Crippen LogP contribution in [0, 0.1) is 17.0 Å². The first-order valence-corrected chi connectivity index (χ1v) is 5.03. The molecule has 0 atom stereocenters. The van der Waals surface area contributed by atoms with E-state index in [1.165, 1.54) is 19.3 Å². The minimum absolute atomic E-state index is 0.0233. The number of hydrogen-bond acceptors (Lipinski definition) is 5. The SMILES string of the molecule is CC/C(=C\c1cc(C(=O)OC)c(C)o1)[N+](=O)[O-]. The summed E-state index contributed by atoms with van der Waals surface area (Å²) in [5, 5.41) is 10.6. The Bertz CT molecular complexity index is 472. The molecule has 0 aliphatic carbocycles. The summed E-state index contributed by atoms with van der Waals surface area (Å²) in [5.41, 5.74) is 0.299. The van der Waals surface area contributed by atoms with Gasteiger partial charge in [-0.05, 0) is 13.0 Å². The maximum absolute atomic E-state index is 11.3. The fraction of sp³-hybridized carbons (Fsp3) is 0.364. The van der Waals surface area contributed by atoms with Gasteiger partial charge >= 0.3 is 5.97 Å². The van der Waals surface area contributed by atoms with Crippen LogP contribution in [0.15, 0.2) is 16.2 Å². The first-order valence-electron chi connectivity index (χ1n) is 5.03. The van der Waals surface area contributed by atoms with Crippen molar-refractivity contribution in [3.63, 3.8) is 0 Å². The van der Waals surface area contributed by atoms with E-state index in [0.29, 0.717) is 5.76 Å². The number of rotatable bonds is 4. The van der Waals surface area contributed by atoms with Crippen molar-refractivity contribution in [3.8, 4) is 0 Å². The number of hydrogen-bond donors (Lipinski definition) is 0. The lowest BCUT2D eigenvalue weighted by Gasteiger charge is -1.93. The molecule has 0 amide bonds. The normalized spacial score (nSPS) is 11.4. The van der Waals surface area contributed by atoms with Crippen molar-refractivity contribution in [2.24, 2.45) is 0 Å². The van der Waals surface area contributed by atoms with E-state index < -0.39 is 10.9 Å². The number of nitrogens with zero attached hydrogens (tertiary/aromatic N) is 1. The van der Waals surface area contributed by atoms with Gasteiger partial charge in [0.25, 0.3) is 0 Å². The lowest BCUT2D eigenvalue weighted by Crippen LogP contribution is -2.00. The molecule has 1 heterocycles. The molecule has 0 saturated heterocycles. The highest BCUT2D eigenvalue weighted by Crippen LogP contribution is 2.19. The highest BCUT2D eigenvalue weighted by Gasteiger charge is 2.16. The monoisotopic (exact) mass is 239 g/mol. The largest absolute Gasteiger partial charge is 0.465 e. The van der Waals surface area contributed by atoms with Crippen LogP contribution in [-0.4, -0.2) is 18.0 Å². The van der Waals surface area contributed by atoms with E-state index in [9.17, 15) is 14.9 Å². The van der Waals surface area contributed by atoms with E-state index in [1.807, 2.05) is 0 Å². The van der Waals surface area contributed by atoms with Crippen LogP contribution in [0.1, 0.15) is 35.2 Å². The lowest BCUT2D eigenvalue weighted by atomic mass is 10.2. The fourth-order valence-electron chi connectivity index (χ4n) is 1.34. The first-order chi connectivity index (χ1) is 7.99. The molecule has 6 heteroatoms. The topological polar surface area (TPSA) is 82.6 Å². The lowest BCUT2D eigenvalue weighted by molar-refractivity contribution is -0.425.